The standard InChI is InChI=1S/C28H26BrN5O3/c29-21-9-10-24-22(13-21)27(31-30-25(35)12-18-5-2-1-3-6-18)28(37)34(24)17-32-14-19-11-20(16-32)23-7-4-8-26(36)33(23)15-19/h1-10,13,19-20,37H,11-12,14-17H2. The molecule has 1 amide bonds. The van der Waals surface area contributed by atoms with Crippen LogP contribution in [0.4, 0.5) is 5.69 Å². The number of benzene rings is 2. The molecule has 2 aliphatic heterocycles. The normalized spacial score (nSPS) is 19.4. The predicted octanol–water partition coefficient (Wildman–Crippen LogP) is 5.20. The summed E-state index contributed by atoms with van der Waals surface area (Å²) in [6, 6.07) is 20.7. The highest BCUT2D eigenvalue weighted by molar-refractivity contribution is 9.10. The summed E-state index contributed by atoms with van der Waals surface area (Å²) in [6.07, 6.45) is 1.21. The van der Waals surface area contributed by atoms with Crippen LogP contribution in [0, 0.1) is 5.92 Å². The largest absolute Gasteiger partial charge is 0.493 e. The van der Waals surface area contributed by atoms with Crippen LogP contribution in [0.5, 0.6) is 5.88 Å². The van der Waals surface area contributed by atoms with Gasteiger partial charge in [0.05, 0.1) is 18.6 Å². The summed E-state index contributed by atoms with van der Waals surface area (Å²) in [7, 11) is 0. The van der Waals surface area contributed by atoms with Crippen LogP contribution in [0.2, 0.25) is 0 Å². The first-order valence-electron chi connectivity index (χ1n) is 12.4. The minimum atomic E-state index is -0.376. The highest BCUT2D eigenvalue weighted by Crippen LogP contribution is 2.41. The number of hydrogen-bond acceptors (Lipinski definition) is 5. The monoisotopic (exact) mass is 559 g/mol. The molecule has 188 valence electrons. The van der Waals surface area contributed by atoms with Crippen molar-refractivity contribution in [3.8, 4) is 5.88 Å². The molecule has 2 aromatic carbocycles. The lowest BCUT2D eigenvalue weighted by Crippen LogP contribution is -2.47. The molecule has 8 nitrogen and oxygen atoms in total. The Morgan fingerprint density at radius 1 is 1.03 bits per heavy atom. The molecule has 2 aliphatic rings. The first-order valence-corrected chi connectivity index (χ1v) is 13.2. The quantitative estimate of drug-likeness (QED) is 0.340. The van der Waals surface area contributed by atoms with E-state index < -0.39 is 0 Å². The van der Waals surface area contributed by atoms with E-state index >= 15 is 0 Å². The number of pyridine rings is 1. The van der Waals surface area contributed by atoms with Crippen LogP contribution in [-0.4, -0.2) is 38.1 Å². The fourth-order valence-corrected chi connectivity index (χ4v) is 6.12. The van der Waals surface area contributed by atoms with Crippen molar-refractivity contribution in [1.82, 2.24) is 14.0 Å². The maximum atomic E-state index is 12.5. The number of amides is 1. The second-order valence-electron chi connectivity index (χ2n) is 9.89. The molecule has 0 radical (unpaired) electrons. The molecule has 9 heteroatoms. The van der Waals surface area contributed by atoms with Crippen LogP contribution in [-0.2, 0) is 24.4 Å². The van der Waals surface area contributed by atoms with E-state index in [-0.39, 0.29) is 35.4 Å². The van der Waals surface area contributed by atoms with E-state index in [0.717, 1.165) is 52.7 Å². The summed E-state index contributed by atoms with van der Waals surface area (Å²) in [6.45, 7) is 2.82. The molecule has 4 aromatic rings. The number of nitrogens with zero attached hydrogens (tertiary/aromatic N) is 5. The summed E-state index contributed by atoms with van der Waals surface area (Å²) in [4.78, 5) is 27.2. The Balaban J connectivity index is 1.28. The van der Waals surface area contributed by atoms with Crippen LogP contribution in [0.15, 0.2) is 86.2 Å². The zero-order valence-corrected chi connectivity index (χ0v) is 21.7. The smallest absolute Gasteiger partial charge is 0.269 e. The second-order valence-corrected chi connectivity index (χ2v) is 10.8. The minimum absolute atomic E-state index is 0.0169. The van der Waals surface area contributed by atoms with Crippen LogP contribution >= 0.6 is 15.9 Å². The van der Waals surface area contributed by atoms with Crippen molar-refractivity contribution in [3.05, 3.63) is 92.8 Å². The van der Waals surface area contributed by atoms with E-state index in [4.69, 9.17) is 0 Å². The summed E-state index contributed by atoms with van der Waals surface area (Å²) in [5.74, 6) is 0.254. The van der Waals surface area contributed by atoms with Crippen molar-refractivity contribution in [2.45, 2.75) is 32.0 Å². The van der Waals surface area contributed by atoms with Crippen LogP contribution in [0.1, 0.15) is 23.6 Å². The fraction of sp³-hybridized carbons (Fsp3) is 0.286. The van der Waals surface area contributed by atoms with E-state index in [9.17, 15) is 14.7 Å². The van der Waals surface area contributed by atoms with E-state index in [1.165, 1.54) is 0 Å². The molecule has 0 saturated carbocycles. The van der Waals surface area contributed by atoms with Gasteiger partial charge in [0.2, 0.25) is 5.88 Å². The first kappa shape index (κ1) is 23.8. The third-order valence-electron chi connectivity index (χ3n) is 7.33. The van der Waals surface area contributed by atoms with Crippen LogP contribution in [0.3, 0.4) is 0 Å². The van der Waals surface area contributed by atoms with E-state index in [1.807, 2.05) is 63.7 Å². The average Bonchev–Trinajstić information content (AvgIpc) is 3.13. The van der Waals surface area contributed by atoms with Gasteiger partial charge in [-0.1, -0.05) is 52.3 Å². The summed E-state index contributed by atoms with van der Waals surface area (Å²) < 4.78 is 4.59. The first-order chi connectivity index (χ1) is 18.0. The minimum Gasteiger partial charge on any atom is -0.493 e. The zero-order valence-electron chi connectivity index (χ0n) is 20.1. The number of rotatable bonds is 5. The second kappa shape index (κ2) is 9.72. The molecular formula is C28H26BrN5O3. The zero-order chi connectivity index (χ0) is 25.5. The number of azo groups is 1. The van der Waals surface area contributed by atoms with Gasteiger partial charge in [-0.15, -0.1) is 10.2 Å². The number of fused-ring (bicyclic) bond motifs is 5. The van der Waals surface area contributed by atoms with Crippen molar-refractivity contribution in [3.63, 3.8) is 0 Å². The average molecular weight is 560 g/mol. The lowest BCUT2D eigenvalue weighted by molar-refractivity contribution is -0.117. The Kier molecular flexibility index (Phi) is 6.26. The van der Waals surface area contributed by atoms with Gasteiger partial charge in [0, 0.05) is 47.2 Å². The Morgan fingerprint density at radius 2 is 1.86 bits per heavy atom. The predicted molar refractivity (Wildman–Crippen MR) is 144 cm³/mol. The molecule has 1 saturated heterocycles. The molecule has 1 N–H and O–H groups in total. The van der Waals surface area contributed by atoms with Gasteiger partial charge in [-0.05, 0) is 42.2 Å². The molecular weight excluding hydrogens is 534 g/mol. The maximum absolute atomic E-state index is 12.5. The number of hydrogen-bond donors (Lipinski definition) is 1. The number of likely N-dealkylation sites (tertiary alicyclic amines) is 1. The highest BCUT2D eigenvalue weighted by atomic mass is 79.9. The summed E-state index contributed by atoms with van der Waals surface area (Å²) in [5.41, 5.74) is 3.12. The third-order valence-corrected chi connectivity index (χ3v) is 7.82. The summed E-state index contributed by atoms with van der Waals surface area (Å²) >= 11 is 3.51. The lowest BCUT2D eigenvalue weighted by atomic mass is 9.83. The molecule has 6 rings (SSSR count). The van der Waals surface area contributed by atoms with Crippen molar-refractivity contribution in [2.75, 3.05) is 13.1 Å². The van der Waals surface area contributed by atoms with Gasteiger partial charge >= 0.3 is 0 Å². The van der Waals surface area contributed by atoms with Crippen molar-refractivity contribution < 1.29 is 9.90 Å². The Morgan fingerprint density at radius 3 is 2.70 bits per heavy atom. The molecule has 37 heavy (non-hydrogen) atoms. The van der Waals surface area contributed by atoms with Crippen LogP contribution < -0.4 is 5.56 Å². The number of aromatic nitrogens is 2. The molecule has 2 aromatic heterocycles. The van der Waals surface area contributed by atoms with E-state index in [2.05, 4.69) is 37.1 Å². The lowest BCUT2D eigenvalue weighted by Gasteiger charge is -2.42. The summed E-state index contributed by atoms with van der Waals surface area (Å²) in [5, 5.41) is 20.1. The molecule has 0 spiro atoms. The van der Waals surface area contributed by atoms with E-state index in [0.29, 0.717) is 12.6 Å². The Labute approximate surface area is 222 Å². The molecule has 2 bridgehead atoms. The van der Waals surface area contributed by atoms with Crippen molar-refractivity contribution in [2.24, 2.45) is 16.1 Å². The topological polar surface area (TPSA) is 92.2 Å². The van der Waals surface area contributed by atoms with Gasteiger partial charge in [-0.2, -0.15) is 0 Å². The Hall–Kier alpha value is -3.56. The Bertz CT molecular complexity index is 1580. The maximum Gasteiger partial charge on any atom is 0.269 e. The fourth-order valence-electron chi connectivity index (χ4n) is 5.76. The number of carbonyl (C=O) groups excluding carboxylic acids is 1. The molecule has 1 fully saturated rings. The number of piperidine rings is 1. The number of halogens is 1. The van der Waals surface area contributed by atoms with Crippen LogP contribution in [0.25, 0.3) is 10.9 Å². The molecule has 0 aliphatic carbocycles. The van der Waals surface area contributed by atoms with Gasteiger partial charge in [-0.25, -0.2) is 0 Å². The molecule has 4 heterocycles. The van der Waals surface area contributed by atoms with Gasteiger partial charge < -0.3 is 9.67 Å². The molecule has 2 unspecified atom stereocenters. The van der Waals surface area contributed by atoms with Crippen molar-refractivity contribution in [1.29, 1.82) is 0 Å². The van der Waals surface area contributed by atoms with Gasteiger partial charge in [-0.3, -0.25) is 19.1 Å². The molecule has 2 atom stereocenters. The highest BCUT2D eigenvalue weighted by Gasteiger charge is 2.35. The number of aromatic hydroxyl groups is 1. The third kappa shape index (κ3) is 4.65. The SMILES string of the molecule is O=C(Cc1ccccc1)N=Nc1c(O)n(CN2CC3CC(C2)c2cccc(=O)n2C3)c2ccc(Br)cc12. The van der Waals surface area contributed by atoms with Gasteiger partial charge in [0.25, 0.3) is 11.5 Å². The van der Waals surface area contributed by atoms with Gasteiger partial charge in [0.1, 0.15) is 0 Å². The number of carbonyl (C=O) groups is 1. The van der Waals surface area contributed by atoms with Gasteiger partial charge in [0.15, 0.2) is 5.69 Å². The van der Waals surface area contributed by atoms with Crippen molar-refractivity contribution >= 4 is 38.4 Å². The van der Waals surface area contributed by atoms with E-state index in [1.54, 1.807) is 6.07 Å².